The largest absolute Gasteiger partial charge is 0.217 e. The molecule has 0 aromatic heterocycles. The smallest absolute Gasteiger partial charge is 0.127 e. The van der Waals surface area contributed by atoms with Gasteiger partial charge in [-0.2, -0.15) is 4.65 Å². The zero-order valence-corrected chi connectivity index (χ0v) is 6.46. The topological polar surface area (TPSA) is 20.2 Å². The van der Waals surface area contributed by atoms with Crippen LogP contribution < -0.4 is 0 Å². The SMILES string of the molecule is C=CC[N+](C)(O)C(C)C. The van der Waals surface area contributed by atoms with Crippen molar-refractivity contribution in [2.45, 2.75) is 19.9 Å². The summed E-state index contributed by atoms with van der Waals surface area (Å²) in [6.07, 6.45) is 1.72. The monoisotopic (exact) mass is 130 g/mol. The Morgan fingerprint density at radius 2 is 2.11 bits per heavy atom. The highest BCUT2D eigenvalue weighted by molar-refractivity contribution is 4.64. The molecule has 0 bridgehead atoms. The van der Waals surface area contributed by atoms with E-state index in [0.717, 1.165) is 0 Å². The number of rotatable bonds is 3. The summed E-state index contributed by atoms with van der Waals surface area (Å²) in [4.78, 5) is 0. The summed E-state index contributed by atoms with van der Waals surface area (Å²) in [5, 5.41) is 9.46. The summed E-state index contributed by atoms with van der Waals surface area (Å²) in [5.41, 5.74) is 0. The zero-order valence-electron chi connectivity index (χ0n) is 6.46. The predicted molar refractivity (Wildman–Crippen MR) is 38.2 cm³/mol. The summed E-state index contributed by atoms with van der Waals surface area (Å²) in [6.45, 7) is 8.11. The van der Waals surface area contributed by atoms with Crippen LogP contribution >= 0.6 is 0 Å². The summed E-state index contributed by atoms with van der Waals surface area (Å²) in [7, 11) is 1.77. The maximum absolute atomic E-state index is 9.46. The van der Waals surface area contributed by atoms with Gasteiger partial charge in [0.15, 0.2) is 0 Å². The van der Waals surface area contributed by atoms with Gasteiger partial charge in [-0.05, 0) is 19.9 Å². The summed E-state index contributed by atoms with van der Waals surface area (Å²) in [5.74, 6) is 0. The lowest BCUT2D eigenvalue weighted by molar-refractivity contribution is -1.10. The Bertz CT molecular complexity index is 97.1. The fourth-order valence-electron chi connectivity index (χ4n) is 0.472. The van der Waals surface area contributed by atoms with Crippen LogP contribution in [0, 0.1) is 0 Å². The van der Waals surface area contributed by atoms with Gasteiger partial charge in [-0.25, -0.2) is 5.21 Å². The number of hydrogen-bond acceptors (Lipinski definition) is 1. The Kier molecular flexibility index (Phi) is 2.88. The molecule has 0 radical (unpaired) electrons. The van der Waals surface area contributed by atoms with Crippen LogP contribution in [0.2, 0.25) is 0 Å². The second kappa shape index (κ2) is 2.99. The average molecular weight is 130 g/mol. The maximum atomic E-state index is 9.46. The van der Waals surface area contributed by atoms with Crippen molar-refractivity contribution in [1.82, 2.24) is 0 Å². The molecule has 0 heterocycles. The summed E-state index contributed by atoms with van der Waals surface area (Å²) < 4.78 is 0.0312. The van der Waals surface area contributed by atoms with E-state index in [1.807, 2.05) is 13.8 Å². The average Bonchev–Trinajstić information content (AvgIpc) is 1.65. The van der Waals surface area contributed by atoms with E-state index in [9.17, 15) is 5.21 Å². The number of hydrogen-bond donors (Lipinski definition) is 1. The lowest BCUT2D eigenvalue weighted by Gasteiger charge is -2.27. The van der Waals surface area contributed by atoms with E-state index >= 15 is 0 Å². The highest BCUT2D eigenvalue weighted by Gasteiger charge is 2.20. The molecule has 0 rings (SSSR count). The van der Waals surface area contributed by atoms with Crippen molar-refractivity contribution >= 4 is 0 Å². The van der Waals surface area contributed by atoms with E-state index < -0.39 is 0 Å². The molecule has 1 N–H and O–H groups in total. The molecule has 0 aliphatic carbocycles. The van der Waals surface area contributed by atoms with Gasteiger partial charge >= 0.3 is 0 Å². The fourth-order valence-corrected chi connectivity index (χ4v) is 0.472. The maximum Gasteiger partial charge on any atom is 0.127 e. The van der Waals surface area contributed by atoms with Crippen molar-refractivity contribution in [3.8, 4) is 0 Å². The van der Waals surface area contributed by atoms with E-state index in [1.54, 1.807) is 13.1 Å². The van der Waals surface area contributed by atoms with E-state index in [4.69, 9.17) is 0 Å². The van der Waals surface area contributed by atoms with Gasteiger partial charge in [0.1, 0.15) is 12.6 Å². The molecule has 0 amide bonds. The first-order valence-corrected chi connectivity index (χ1v) is 3.19. The van der Waals surface area contributed by atoms with E-state index in [0.29, 0.717) is 6.54 Å². The molecule has 0 aromatic carbocycles. The van der Waals surface area contributed by atoms with E-state index in [1.165, 1.54) is 0 Å². The van der Waals surface area contributed by atoms with E-state index in [2.05, 4.69) is 6.58 Å². The molecule has 1 unspecified atom stereocenters. The Morgan fingerprint density at radius 1 is 1.67 bits per heavy atom. The molecule has 2 nitrogen and oxygen atoms in total. The minimum atomic E-state index is 0.0312. The number of likely N-dealkylation sites (N-methyl/N-ethyl adjacent to an activating group) is 1. The standard InChI is InChI=1S/C7H16NO/c1-5-6-8(4,9)7(2)3/h5,7,9H,1,6H2,2-4H3/q+1. The highest BCUT2D eigenvalue weighted by Crippen LogP contribution is 2.03. The van der Waals surface area contributed by atoms with Crippen LogP contribution in [0.3, 0.4) is 0 Å². The first kappa shape index (κ1) is 8.66. The van der Waals surface area contributed by atoms with Crippen LogP contribution in [0.4, 0.5) is 0 Å². The predicted octanol–water partition coefficient (Wildman–Crippen LogP) is 1.42. The van der Waals surface area contributed by atoms with Gasteiger partial charge in [-0.3, -0.25) is 0 Å². The molecular formula is C7H16NO+. The molecule has 54 valence electrons. The minimum Gasteiger partial charge on any atom is -0.217 e. The van der Waals surface area contributed by atoms with Gasteiger partial charge < -0.3 is 0 Å². The molecule has 0 aliphatic heterocycles. The van der Waals surface area contributed by atoms with Crippen LogP contribution in [-0.4, -0.2) is 29.5 Å². The first-order chi connectivity index (χ1) is 4.00. The van der Waals surface area contributed by atoms with Crippen LogP contribution in [0.1, 0.15) is 13.8 Å². The number of nitrogens with zero attached hydrogens (tertiary/aromatic N) is 1. The zero-order chi connectivity index (χ0) is 7.49. The Hall–Kier alpha value is -0.340. The third-order valence-electron chi connectivity index (χ3n) is 1.61. The highest BCUT2D eigenvalue weighted by atomic mass is 16.5. The lowest BCUT2D eigenvalue weighted by Crippen LogP contribution is -2.46. The normalized spacial score (nSPS) is 17.4. The number of quaternary nitrogens is 1. The third kappa shape index (κ3) is 2.63. The van der Waals surface area contributed by atoms with Crippen LogP contribution in [-0.2, 0) is 0 Å². The molecule has 0 aliphatic rings. The van der Waals surface area contributed by atoms with Crippen molar-refractivity contribution in [2.75, 3.05) is 13.6 Å². The molecule has 0 aromatic rings. The lowest BCUT2D eigenvalue weighted by atomic mass is 10.3. The van der Waals surface area contributed by atoms with Gasteiger partial charge in [0.2, 0.25) is 0 Å². The van der Waals surface area contributed by atoms with Gasteiger partial charge in [-0.1, -0.05) is 6.58 Å². The van der Waals surface area contributed by atoms with Gasteiger partial charge in [0.05, 0.1) is 7.05 Å². The van der Waals surface area contributed by atoms with Gasteiger partial charge in [-0.15, -0.1) is 0 Å². The molecule has 0 saturated heterocycles. The van der Waals surface area contributed by atoms with Crippen molar-refractivity contribution < 1.29 is 9.85 Å². The van der Waals surface area contributed by atoms with Crippen molar-refractivity contribution in [1.29, 1.82) is 0 Å². The van der Waals surface area contributed by atoms with Crippen LogP contribution in [0.15, 0.2) is 12.7 Å². The minimum absolute atomic E-state index is 0.0312. The quantitative estimate of drug-likeness (QED) is 0.348. The van der Waals surface area contributed by atoms with Gasteiger partial charge in [0, 0.05) is 0 Å². The third-order valence-corrected chi connectivity index (χ3v) is 1.61. The van der Waals surface area contributed by atoms with E-state index in [-0.39, 0.29) is 10.7 Å². The molecular weight excluding hydrogens is 114 g/mol. The van der Waals surface area contributed by atoms with Crippen LogP contribution in [0.5, 0.6) is 0 Å². The molecule has 0 saturated carbocycles. The number of hydroxylamine groups is 3. The Morgan fingerprint density at radius 3 is 2.22 bits per heavy atom. The molecule has 0 fully saturated rings. The summed E-state index contributed by atoms with van der Waals surface area (Å²) >= 11 is 0. The molecule has 0 spiro atoms. The van der Waals surface area contributed by atoms with Gasteiger partial charge in [0.25, 0.3) is 0 Å². The Balaban J connectivity index is 3.84. The van der Waals surface area contributed by atoms with Crippen LogP contribution in [0.25, 0.3) is 0 Å². The Labute approximate surface area is 57.0 Å². The summed E-state index contributed by atoms with van der Waals surface area (Å²) in [6, 6.07) is 0.239. The first-order valence-electron chi connectivity index (χ1n) is 3.19. The fraction of sp³-hybridized carbons (Fsp3) is 0.714. The molecule has 1 atom stereocenters. The van der Waals surface area contributed by atoms with Crippen molar-refractivity contribution in [3.63, 3.8) is 0 Å². The second-order valence-electron chi connectivity index (χ2n) is 2.78. The molecule has 9 heavy (non-hydrogen) atoms. The molecule has 2 heteroatoms. The van der Waals surface area contributed by atoms with Crippen molar-refractivity contribution in [3.05, 3.63) is 12.7 Å². The second-order valence-corrected chi connectivity index (χ2v) is 2.78. The van der Waals surface area contributed by atoms with Crippen molar-refractivity contribution in [2.24, 2.45) is 0 Å².